The van der Waals surface area contributed by atoms with Crippen molar-refractivity contribution in [1.29, 1.82) is 0 Å². The van der Waals surface area contributed by atoms with Gasteiger partial charge in [-0.05, 0) is 12.5 Å². The van der Waals surface area contributed by atoms with Crippen LogP contribution in [0.15, 0.2) is 49.1 Å². The summed E-state index contributed by atoms with van der Waals surface area (Å²) >= 11 is 3.49. The van der Waals surface area contributed by atoms with Gasteiger partial charge in [0.25, 0.3) is 0 Å². The minimum atomic E-state index is -0.410. The largest absolute Gasteiger partial charge is 0.350 e. The normalized spacial score (nSPS) is 14.5. The van der Waals surface area contributed by atoms with Gasteiger partial charge in [-0.2, -0.15) is 0 Å². The van der Waals surface area contributed by atoms with E-state index in [0.29, 0.717) is 11.9 Å². The lowest BCUT2D eigenvalue weighted by atomic mass is 10.2. The van der Waals surface area contributed by atoms with Crippen molar-refractivity contribution >= 4 is 15.9 Å². The van der Waals surface area contributed by atoms with Crippen LogP contribution in [0.3, 0.4) is 0 Å². The standard InChI is InChI=1S/C13H15BrN2O/c1-13(10-14,16-8-7-15-11-16)17-9-12-5-3-2-4-6-12/h2-8,11H,9-10H2,1H3. The van der Waals surface area contributed by atoms with E-state index in [1.54, 1.807) is 12.5 Å². The molecule has 1 aromatic heterocycles. The third-order valence-electron chi connectivity index (χ3n) is 2.69. The van der Waals surface area contributed by atoms with E-state index in [9.17, 15) is 0 Å². The van der Waals surface area contributed by atoms with Gasteiger partial charge >= 0.3 is 0 Å². The van der Waals surface area contributed by atoms with Crippen molar-refractivity contribution in [2.45, 2.75) is 19.3 Å². The topological polar surface area (TPSA) is 27.1 Å². The van der Waals surface area contributed by atoms with Gasteiger partial charge in [-0.1, -0.05) is 46.3 Å². The molecule has 0 saturated heterocycles. The number of nitrogens with zero attached hydrogens (tertiary/aromatic N) is 2. The molecule has 4 heteroatoms. The van der Waals surface area contributed by atoms with E-state index in [4.69, 9.17) is 4.74 Å². The summed E-state index contributed by atoms with van der Waals surface area (Å²) in [6.45, 7) is 2.62. The highest BCUT2D eigenvalue weighted by atomic mass is 79.9. The van der Waals surface area contributed by atoms with Gasteiger partial charge < -0.3 is 9.30 Å². The van der Waals surface area contributed by atoms with Gasteiger partial charge in [0.05, 0.1) is 18.3 Å². The lowest BCUT2D eigenvalue weighted by molar-refractivity contribution is -0.0839. The number of ether oxygens (including phenoxy) is 1. The molecular weight excluding hydrogens is 280 g/mol. The zero-order chi connectivity index (χ0) is 12.1. The van der Waals surface area contributed by atoms with Crippen molar-refractivity contribution < 1.29 is 4.74 Å². The Morgan fingerprint density at radius 1 is 1.35 bits per heavy atom. The summed E-state index contributed by atoms with van der Waals surface area (Å²) in [6.07, 6.45) is 5.44. The minimum Gasteiger partial charge on any atom is -0.350 e. The van der Waals surface area contributed by atoms with Gasteiger partial charge in [0.1, 0.15) is 0 Å². The number of hydrogen-bond donors (Lipinski definition) is 0. The molecule has 1 unspecified atom stereocenters. The Morgan fingerprint density at radius 2 is 2.12 bits per heavy atom. The molecule has 0 N–H and O–H groups in total. The molecule has 1 atom stereocenters. The summed E-state index contributed by atoms with van der Waals surface area (Å²) in [5.74, 6) is 0. The van der Waals surface area contributed by atoms with Gasteiger partial charge in [-0.15, -0.1) is 0 Å². The summed E-state index contributed by atoms with van der Waals surface area (Å²) in [5.41, 5.74) is 0.756. The number of benzene rings is 1. The van der Waals surface area contributed by atoms with Crippen molar-refractivity contribution in [2.75, 3.05) is 5.33 Å². The number of rotatable bonds is 5. The molecule has 0 radical (unpaired) electrons. The molecule has 0 saturated carbocycles. The lowest BCUT2D eigenvalue weighted by Crippen LogP contribution is -2.34. The maximum absolute atomic E-state index is 5.99. The lowest BCUT2D eigenvalue weighted by Gasteiger charge is -2.29. The van der Waals surface area contributed by atoms with Crippen LogP contribution >= 0.6 is 15.9 Å². The first kappa shape index (κ1) is 12.3. The average Bonchev–Trinajstić information content (AvgIpc) is 2.92. The van der Waals surface area contributed by atoms with Crippen LogP contribution in [0, 0.1) is 0 Å². The van der Waals surface area contributed by atoms with E-state index < -0.39 is 5.72 Å². The number of hydrogen-bond acceptors (Lipinski definition) is 2. The van der Waals surface area contributed by atoms with Crippen LogP contribution in [0.4, 0.5) is 0 Å². The Kier molecular flexibility index (Phi) is 3.97. The van der Waals surface area contributed by atoms with Crippen LogP contribution in [0.5, 0.6) is 0 Å². The molecule has 1 heterocycles. The molecular formula is C13H15BrN2O. The van der Waals surface area contributed by atoms with Crippen molar-refractivity contribution in [3.8, 4) is 0 Å². The SMILES string of the molecule is CC(CBr)(OCc1ccccc1)n1ccnc1. The minimum absolute atomic E-state index is 0.410. The van der Waals surface area contributed by atoms with Crippen LogP contribution in [-0.2, 0) is 17.1 Å². The molecule has 17 heavy (non-hydrogen) atoms. The maximum Gasteiger partial charge on any atom is 0.152 e. The summed E-state index contributed by atoms with van der Waals surface area (Å²) < 4.78 is 7.95. The molecule has 2 aromatic rings. The second kappa shape index (κ2) is 5.47. The molecule has 1 aromatic carbocycles. The second-order valence-electron chi connectivity index (χ2n) is 4.05. The quantitative estimate of drug-likeness (QED) is 0.792. The summed E-state index contributed by atoms with van der Waals surface area (Å²) in [6, 6.07) is 10.1. The van der Waals surface area contributed by atoms with Crippen molar-refractivity contribution in [3.05, 3.63) is 54.6 Å². The van der Waals surface area contributed by atoms with Crippen LogP contribution in [0.1, 0.15) is 12.5 Å². The third-order valence-corrected chi connectivity index (χ3v) is 3.73. The maximum atomic E-state index is 5.99. The predicted molar refractivity (Wildman–Crippen MR) is 70.9 cm³/mol. The molecule has 0 aliphatic carbocycles. The van der Waals surface area contributed by atoms with E-state index >= 15 is 0 Å². The Morgan fingerprint density at radius 3 is 2.71 bits per heavy atom. The highest BCUT2D eigenvalue weighted by Gasteiger charge is 2.25. The number of alkyl halides is 1. The van der Waals surface area contributed by atoms with E-state index in [1.165, 1.54) is 5.56 Å². The van der Waals surface area contributed by atoms with Gasteiger partial charge in [-0.25, -0.2) is 4.98 Å². The van der Waals surface area contributed by atoms with E-state index in [-0.39, 0.29) is 0 Å². The summed E-state index contributed by atoms with van der Waals surface area (Å²) in [4.78, 5) is 4.05. The third kappa shape index (κ3) is 2.96. The Balaban J connectivity index is 2.06. The molecule has 0 bridgehead atoms. The van der Waals surface area contributed by atoms with Crippen molar-refractivity contribution in [2.24, 2.45) is 0 Å². The van der Waals surface area contributed by atoms with E-state index in [1.807, 2.05) is 35.9 Å². The highest BCUT2D eigenvalue weighted by molar-refractivity contribution is 9.09. The summed E-state index contributed by atoms with van der Waals surface area (Å²) in [7, 11) is 0. The number of halogens is 1. The Hall–Kier alpha value is -1.13. The molecule has 90 valence electrons. The van der Waals surface area contributed by atoms with Crippen LogP contribution in [0.2, 0.25) is 0 Å². The van der Waals surface area contributed by atoms with E-state index in [0.717, 1.165) is 0 Å². The van der Waals surface area contributed by atoms with Gasteiger partial charge in [0, 0.05) is 12.4 Å². The zero-order valence-corrected chi connectivity index (χ0v) is 11.3. The van der Waals surface area contributed by atoms with Gasteiger partial charge in [0.15, 0.2) is 5.72 Å². The first-order chi connectivity index (χ1) is 8.24. The van der Waals surface area contributed by atoms with Gasteiger partial charge in [-0.3, -0.25) is 0 Å². The summed E-state index contributed by atoms with van der Waals surface area (Å²) in [5, 5.41) is 0.712. The second-order valence-corrected chi connectivity index (χ2v) is 4.61. The Bertz CT molecular complexity index is 444. The average molecular weight is 295 g/mol. The van der Waals surface area contributed by atoms with Crippen LogP contribution in [0.25, 0.3) is 0 Å². The number of imidazole rings is 1. The van der Waals surface area contributed by atoms with Crippen molar-refractivity contribution in [3.63, 3.8) is 0 Å². The highest BCUT2D eigenvalue weighted by Crippen LogP contribution is 2.22. The number of aromatic nitrogens is 2. The fourth-order valence-corrected chi connectivity index (χ4v) is 1.99. The molecule has 0 aliphatic rings. The van der Waals surface area contributed by atoms with Gasteiger partial charge in [0.2, 0.25) is 0 Å². The predicted octanol–water partition coefficient (Wildman–Crippen LogP) is 3.17. The first-order valence-electron chi connectivity index (χ1n) is 5.47. The molecule has 3 nitrogen and oxygen atoms in total. The fourth-order valence-electron chi connectivity index (χ4n) is 1.53. The van der Waals surface area contributed by atoms with Crippen LogP contribution in [-0.4, -0.2) is 14.9 Å². The first-order valence-corrected chi connectivity index (χ1v) is 6.59. The fraction of sp³-hybridized carbons (Fsp3) is 0.308. The molecule has 0 aliphatic heterocycles. The molecule has 0 fully saturated rings. The zero-order valence-electron chi connectivity index (χ0n) is 9.71. The van der Waals surface area contributed by atoms with E-state index in [2.05, 4.69) is 33.0 Å². The molecule has 0 amide bonds. The van der Waals surface area contributed by atoms with Crippen LogP contribution < -0.4 is 0 Å². The smallest absolute Gasteiger partial charge is 0.152 e. The monoisotopic (exact) mass is 294 g/mol. The molecule has 2 rings (SSSR count). The molecule has 0 spiro atoms. The Labute approximate surface area is 110 Å². The van der Waals surface area contributed by atoms with Crippen molar-refractivity contribution in [1.82, 2.24) is 9.55 Å².